The summed E-state index contributed by atoms with van der Waals surface area (Å²) in [5.74, 6) is 0.557. The molecule has 5 aromatic carbocycles. The fourth-order valence-electron chi connectivity index (χ4n) is 12.0. The lowest BCUT2D eigenvalue weighted by atomic mass is 9.41. The van der Waals surface area contributed by atoms with Gasteiger partial charge in [-0.1, -0.05) is 17.7 Å². The van der Waals surface area contributed by atoms with Crippen molar-refractivity contribution in [3.05, 3.63) is 143 Å². The molecule has 11 rings (SSSR count). The highest BCUT2D eigenvalue weighted by atomic mass is 35.5. The number of halogens is 9. The number of benzene rings is 5. The van der Waals surface area contributed by atoms with Crippen LogP contribution in [0, 0.1) is 17.8 Å². The molecule has 2 aliphatic heterocycles. The molecule has 410 valence electrons. The van der Waals surface area contributed by atoms with Crippen LogP contribution in [0.15, 0.2) is 125 Å². The van der Waals surface area contributed by atoms with E-state index >= 15 is 0 Å². The van der Waals surface area contributed by atoms with Gasteiger partial charge in [-0.05, 0) is 153 Å². The van der Waals surface area contributed by atoms with Gasteiger partial charge in [0, 0.05) is 62.9 Å². The molecular formula is C56H50ClF8N11O3. The monoisotopic (exact) mass is 1110 g/mol. The van der Waals surface area contributed by atoms with Gasteiger partial charge in [-0.25, -0.2) is 9.59 Å². The molecule has 1 aromatic heterocycles. The molecule has 3 heterocycles. The Bertz CT molecular complexity index is 3420. The first-order valence-corrected chi connectivity index (χ1v) is 25.6. The number of nitrogens with zero attached hydrogens (tertiary/aromatic N) is 7. The predicted octanol–water partition coefficient (Wildman–Crippen LogP) is 13.5. The Morgan fingerprint density at radius 1 is 0.709 bits per heavy atom. The van der Waals surface area contributed by atoms with Crippen molar-refractivity contribution in [3.63, 3.8) is 0 Å². The fraction of sp³-hybridized carbons (Fsp3) is 0.304. The molecule has 0 radical (unpaired) electrons. The zero-order chi connectivity index (χ0) is 55.8. The van der Waals surface area contributed by atoms with Gasteiger partial charge in [-0.3, -0.25) is 34.6 Å². The summed E-state index contributed by atoms with van der Waals surface area (Å²) in [6, 6.07) is 27.2. The van der Waals surface area contributed by atoms with Crippen molar-refractivity contribution in [1.29, 1.82) is 0 Å². The number of aromatic nitrogens is 1. The van der Waals surface area contributed by atoms with Gasteiger partial charge >= 0.3 is 31.0 Å². The van der Waals surface area contributed by atoms with Gasteiger partial charge in [0.1, 0.15) is 18.8 Å². The quantitative estimate of drug-likeness (QED) is 0.0474. The summed E-state index contributed by atoms with van der Waals surface area (Å²) in [5, 5.41) is 5.14. The zero-order valence-electron chi connectivity index (χ0n) is 42.0. The first-order valence-electron chi connectivity index (χ1n) is 25.2. The van der Waals surface area contributed by atoms with Crippen molar-refractivity contribution in [2.45, 2.75) is 75.7 Å². The van der Waals surface area contributed by atoms with Crippen LogP contribution in [0.5, 0.6) is 5.75 Å². The number of alkyl halides is 8. The first-order chi connectivity index (χ1) is 37.6. The van der Waals surface area contributed by atoms with Crippen molar-refractivity contribution in [2.24, 2.45) is 27.7 Å². The molecule has 3 aliphatic carbocycles. The van der Waals surface area contributed by atoms with Crippen molar-refractivity contribution in [3.8, 4) is 5.75 Å². The summed E-state index contributed by atoms with van der Waals surface area (Å²) in [6.45, 7) is -3.53. The summed E-state index contributed by atoms with van der Waals surface area (Å²) in [5.41, 5.74) is 17.6. The minimum Gasteiger partial charge on any atom is -0.435 e. The second-order valence-corrected chi connectivity index (χ2v) is 21.0. The van der Waals surface area contributed by atoms with Gasteiger partial charge in [-0.15, -0.1) is 0 Å². The lowest BCUT2D eigenvalue weighted by Crippen LogP contribution is -2.70. The number of nitrogen functional groups attached to an aromatic ring is 2. The van der Waals surface area contributed by atoms with Crippen LogP contribution >= 0.6 is 11.6 Å². The Morgan fingerprint density at radius 2 is 1.27 bits per heavy atom. The summed E-state index contributed by atoms with van der Waals surface area (Å²) in [7, 11) is 0. The number of carbonyl (C=O) groups excluding carboxylic acids is 2. The average molecular weight is 1110 g/mol. The summed E-state index contributed by atoms with van der Waals surface area (Å²) < 4.78 is 110. The third-order valence-electron chi connectivity index (χ3n) is 15.7. The number of anilines is 10. The number of nitrogens with two attached hydrogens (primary N) is 2. The van der Waals surface area contributed by atoms with Crippen LogP contribution in [0.3, 0.4) is 0 Å². The van der Waals surface area contributed by atoms with E-state index in [2.05, 4.69) is 27.3 Å². The van der Waals surface area contributed by atoms with Crippen LogP contribution in [0.2, 0.25) is 5.02 Å². The van der Waals surface area contributed by atoms with Crippen LogP contribution in [0.4, 0.5) is 102 Å². The van der Waals surface area contributed by atoms with Gasteiger partial charge in [-0.2, -0.15) is 35.1 Å². The fourth-order valence-corrected chi connectivity index (χ4v) is 12.1. The lowest BCUT2D eigenvalue weighted by Gasteiger charge is -2.67. The molecule has 6 N–H and O–H groups in total. The molecule has 14 nitrogen and oxygen atoms in total. The maximum absolute atomic E-state index is 14.6. The number of hydrogen-bond acceptors (Lipinski definition) is 10. The molecule has 5 aliphatic rings. The minimum atomic E-state index is -4.53. The molecule has 0 bridgehead atoms. The third kappa shape index (κ3) is 10.2. The highest BCUT2D eigenvalue weighted by Crippen LogP contribution is 2.72. The van der Waals surface area contributed by atoms with Crippen LogP contribution in [0.1, 0.15) is 55.0 Å². The highest BCUT2D eigenvalue weighted by molar-refractivity contribution is 6.30. The van der Waals surface area contributed by atoms with Gasteiger partial charge in [0.15, 0.2) is 0 Å². The van der Waals surface area contributed by atoms with E-state index in [1.165, 1.54) is 57.3 Å². The predicted molar refractivity (Wildman–Crippen MR) is 289 cm³/mol. The number of carbonyl (C=O) groups is 2. The zero-order valence-corrected chi connectivity index (χ0v) is 42.8. The molecule has 0 saturated heterocycles. The normalized spacial score (nSPS) is 22.6. The average Bonchev–Trinajstić information content (AvgIpc) is 2.94. The SMILES string of the molecule is CC1(N=Cc2cc(N3Cc4ccc(NCC(F)(F)F)cc4N(c4ccc(Cl)cc4)C3=O)ccc2N)CCC2C3CCC3(N=Cc3cc(N4Cc5ncc(NCC(F)(F)F)cc5N(c5ccc(OC(F)F)cc5)C4=O)ccc3N)C21. The van der Waals surface area contributed by atoms with Crippen molar-refractivity contribution < 1.29 is 49.4 Å². The number of pyridine rings is 1. The Hall–Kier alpha value is -8.14. The Balaban J connectivity index is 0.850. The van der Waals surface area contributed by atoms with Crippen LogP contribution in [0.25, 0.3) is 0 Å². The van der Waals surface area contributed by atoms with Crippen molar-refractivity contribution in [1.82, 2.24) is 4.98 Å². The molecule has 79 heavy (non-hydrogen) atoms. The first kappa shape index (κ1) is 52.9. The van der Waals surface area contributed by atoms with Crippen molar-refractivity contribution in [2.75, 3.05) is 54.8 Å². The molecule has 23 heteroatoms. The largest absolute Gasteiger partial charge is 0.435 e. The number of hydrogen-bond donors (Lipinski definition) is 4. The van der Waals surface area contributed by atoms with Gasteiger partial charge < -0.3 is 26.8 Å². The van der Waals surface area contributed by atoms with E-state index in [-0.39, 0.29) is 47.5 Å². The molecule has 5 atom stereocenters. The number of nitrogens with one attached hydrogen (secondary N) is 2. The van der Waals surface area contributed by atoms with E-state index in [1.54, 1.807) is 90.1 Å². The van der Waals surface area contributed by atoms with Gasteiger partial charge in [0.2, 0.25) is 0 Å². The number of urea groups is 2. The second kappa shape index (κ2) is 19.9. The molecule has 3 saturated carbocycles. The summed E-state index contributed by atoms with van der Waals surface area (Å²) in [6.07, 6.45) is -0.735. The number of aliphatic imine (C=N–C) groups is 2. The Morgan fingerprint density at radius 3 is 1.86 bits per heavy atom. The van der Waals surface area contributed by atoms with Crippen LogP contribution < -0.4 is 46.4 Å². The molecule has 6 aromatic rings. The summed E-state index contributed by atoms with van der Waals surface area (Å²) >= 11 is 6.21. The summed E-state index contributed by atoms with van der Waals surface area (Å²) in [4.78, 5) is 49.9. The minimum absolute atomic E-state index is 0.00566. The topological polar surface area (TPSA) is 170 Å². The number of fused-ring (bicyclic) bond motifs is 6. The molecule has 4 amide bonds. The number of rotatable bonds is 14. The van der Waals surface area contributed by atoms with E-state index in [9.17, 15) is 44.7 Å². The smallest absolute Gasteiger partial charge is 0.405 e. The maximum atomic E-state index is 14.6. The van der Waals surface area contributed by atoms with Crippen LogP contribution in [-0.2, 0) is 13.1 Å². The third-order valence-corrected chi connectivity index (χ3v) is 16.0. The highest BCUT2D eigenvalue weighted by Gasteiger charge is 2.73. The van der Waals surface area contributed by atoms with E-state index in [0.717, 1.165) is 25.7 Å². The van der Waals surface area contributed by atoms with E-state index < -0.39 is 55.2 Å². The Kier molecular flexibility index (Phi) is 13.4. The van der Waals surface area contributed by atoms with Crippen molar-refractivity contribution >= 4 is 93.0 Å². The Labute approximate surface area is 452 Å². The standard InChI is InChI=1S/C56H50ClF8N11O3/c1-53(71-24-32-20-39(10-14-44(32)66)73-27-31-2-5-35(69-29-55(60,61)62)22-47(31)75(51(73)77)37-6-3-34(57)4-7-37)18-16-42-43-17-19-54(43,49(42)53)72-25-33-21-40(11-15-45(33)67)74-28-46-48(23-36(26-68-46)70-30-56(63,64)65)76(52(74)78)38-8-12-41(13-9-38)79-50(58)59/h2-15,20-26,42-43,49-50,69-70H,16-19,27-30,66-67H2,1H3. The molecule has 0 spiro atoms. The lowest BCUT2D eigenvalue weighted by molar-refractivity contribution is -0.126. The molecular weight excluding hydrogens is 1060 g/mol. The maximum Gasteiger partial charge on any atom is 0.405 e. The van der Waals surface area contributed by atoms with Gasteiger partial charge in [0.05, 0.1) is 64.5 Å². The van der Waals surface area contributed by atoms with E-state index in [4.69, 9.17) is 33.1 Å². The van der Waals surface area contributed by atoms with Gasteiger partial charge in [0.25, 0.3) is 0 Å². The van der Waals surface area contributed by atoms with E-state index in [0.29, 0.717) is 73.4 Å². The number of ether oxygens (including phenoxy) is 1. The van der Waals surface area contributed by atoms with Crippen LogP contribution in [-0.4, -0.2) is 72.6 Å². The molecule has 5 unspecified atom stereocenters. The van der Waals surface area contributed by atoms with E-state index in [1.807, 2.05) is 0 Å². The number of amides is 4. The second-order valence-electron chi connectivity index (χ2n) is 20.5. The molecule has 3 fully saturated rings.